The SMILES string of the molecule is CNC[C@H]1OCCc2sc(Br)c(C(F)(F)F)c21. The molecule has 96 valence electrons. The van der Waals surface area contributed by atoms with Crippen molar-refractivity contribution in [3.8, 4) is 0 Å². The third-order valence-electron chi connectivity index (χ3n) is 2.62. The number of fused-ring (bicyclic) bond motifs is 1. The molecule has 2 heterocycles. The summed E-state index contributed by atoms with van der Waals surface area (Å²) in [5.41, 5.74) is -0.271. The molecule has 1 aliphatic heterocycles. The van der Waals surface area contributed by atoms with Crippen molar-refractivity contribution in [2.75, 3.05) is 20.2 Å². The molecule has 0 aromatic carbocycles. The molecular weight excluding hydrogens is 319 g/mol. The van der Waals surface area contributed by atoms with Gasteiger partial charge in [-0.25, -0.2) is 0 Å². The van der Waals surface area contributed by atoms with Gasteiger partial charge in [0.15, 0.2) is 0 Å². The first-order chi connectivity index (χ1) is 7.95. The Labute approximate surface area is 109 Å². The molecule has 1 atom stereocenters. The summed E-state index contributed by atoms with van der Waals surface area (Å²) in [4.78, 5) is 0.774. The molecule has 0 radical (unpaired) electrons. The Morgan fingerprint density at radius 2 is 2.24 bits per heavy atom. The average molecular weight is 330 g/mol. The van der Waals surface area contributed by atoms with E-state index >= 15 is 0 Å². The van der Waals surface area contributed by atoms with Gasteiger partial charge in [0.1, 0.15) is 0 Å². The van der Waals surface area contributed by atoms with Gasteiger partial charge in [0.05, 0.1) is 22.1 Å². The van der Waals surface area contributed by atoms with E-state index in [2.05, 4.69) is 21.2 Å². The third kappa shape index (κ3) is 2.52. The first-order valence-corrected chi connectivity index (χ1v) is 6.70. The predicted octanol–water partition coefficient (Wildman–Crippen LogP) is 3.36. The Morgan fingerprint density at radius 3 is 2.82 bits per heavy atom. The maximum Gasteiger partial charge on any atom is 0.418 e. The highest BCUT2D eigenvalue weighted by Gasteiger charge is 2.42. The highest BCUT2D eigenvalue weighted by atomic mass is 79.9. The van der Waals surface area contributed by atoms with Crippen LogP contribution in [0.5, 0.6) is 0 Å². The quantitative estimate of drug-likeness (QED) is 0.898. The van der Waals surface area contributed by atoms with Crippen LogP contribution >= 0.6 is 27.3 Å². The third-order valence-corrected chi connectivity index (χ3v) is 4.56. The van der Waals surface area contributed by atoms with Crippen molar-refractivity contribution in [2.45, 2.75) is 18.7 Å². The van der Waals surface area contributed by atoms with Crippen molar-refractivity contribution in [1.82, 2.24) is 5.32 Å². The van der Waals surface area contributed by atoms with Gasteiger partial charge in [-0.05, 0) is 23.0 Å². The van der Waals surface area contributed by atoms with Gasteiger partial charge in [0.25, 0.3) is 0 Å². The molecule has 0 spiro atoms. The second-order valence-corrected chi connectivity index (χ2v) is 6.18. The standard InChI is InChI=1S/C10H11BrF3NOS/c1-15-4-5-7-6(2-3-16-5)17-9(11)8(7)10(12,13)14/h5,15H,2-4H2,1H3/t5-/m1/s1. The molecule has 0 unspecified atom stereocenters. The summed E-state index contributed by atoms with van der Waals surface area (Å²) in [6.07, 6.45) is -4.30. The highest BCUT2D eigenvalue weighted by molar-refractivity contribution is 9.11. The van der Waals surface area contributed by atoms with Crippen molar-refractivity contribution >= 4 is 27.3 Å². The van der Waals surface area contributed by atoms with Crippen molar-refractivity contribution < 1.29 is 17.9 Å². The number of thiophene rings is 1. The van der Waals surface area contributed by atoms with Crippen LogP contribution in [0.1, 0.15) is 22.1 Å². The molecule has 0 amide bonds. The van der Waals surface area contributed by atoms with E-state index in [0.717, 1.165) is 16.2 Å². The van der Waals surface area contributed by atoms with Crippen molar-refractivity contribution in [3.63, 3.8) is 0 Å². The number of halogens is 4. The van der Waals surface area contributed by atoms with E-state index in [1.165, 1.54) is 0 Å². The molecule has 2 rings (SSSR count). The van der Waals surface area contributed by atoms with Crippen molar-refractivity contribution in [2.24, 2.45) is 0 Å². The van der Waals surface area contributed by atoms with Crippen LogP contribution in [0.25, 0.3) is 0 Å². The van der Waals surface area contributed by atoms with E-state index < -0.39 is 17.8 Å². The molecule has 1 aliphatic rings. The van der Waals surface area contributed by atoms with Gasteiger partial charge in [-0.3, -0.25) is 0 Å². The summed E-state index contributed by atoms with van der Waals surface area (Å²) in [5, 5.41) is 2.86. The van der Waals surface area contributed by atoms with Crippen LogP contribution < -0.4 is 5.32 Å². The Bertz CT molecular complexity index is 418. The van der Waals surface area contributed by atoms with Gasteiger partial charge in [-0.1, -0.05) is 0 Å². The molecule has 1 aromatic rings. The first kappa shape index (κ1) is 13.3. The van der Waals surface area contributed by atoms with Crippen LogP contribution in [0.3, 0.4) is 0 Å². The number of nitrogens with one attached hydrogen (secondary N) is 1. The largest absolute Gasteiger partial charge is 0.418 e. The molecule has 7 heteroatoms. The van der Waals surface area contributed by atoms with Gasteiger partial charge in [-0.15, -0.1) is 11.3 Å². The molecule has 0 saturated heterocycles. The fourth-order valence-corrected chi connectivity index (χ4v) is 4.07. The van der Waals surface area contributed by atoms with Crippen LogP contribution in [0, 0.1) is 0 Å². The van der Waals surface area contributed by atoms with Crippen LogP contribution in [-0.2, 0) is 17.3 Å². The van der Waals surface area contributed by atoms with Crippen molar-refractivity contribution in [3.05, 3.63) is 19.8 Å². The minimum Gasteiger partial charge on any atom is -0.372 e. The number of likely N-dealkylation sites (N-methyl/N-ethyl adjacent to an activating group) is 1. The maximum absolute atomic E-state index is 13.0. The molecule has 17 heavy (non-hydrogen) atoms. The molecule has 0 bridgehead atoms. The zero-order valence-electron chi connectivity index (χ0n) is 9.03. The van der Waals surface area contributed by atoms with Gasteiger partial charge >= 0.3 is 6.18 Å². The summed E-state index contributed by atoms with van der Waals surface area (Å²) in [6.45, 7) is 0.864. The van der Waals surface area contributed by atoms with Gasteiger partial charge in [0.2, 0.25) is 0 Å². The second kappa shape index (κ2) is 4.87. The van der Waals surface area contributed by atoms with Gasteiger partial charge < -0.3 is 10.1 Å². The zero-order chi connectivity index (χ0) is 12.6. The monoisotopic (exact) mass is 329 g/mol. The van der Waals surface area contributed by atoms with Gasteiger partial charge in [0, 0.05) is 23.4 Å². The lowest BCUT2D eigenvalue weighted by Gasteiger charge is -2.25. The number of ether oxygens (including phenoxy) is 1. The molecule has 1 N–H and O–H groups in total. The summed E-state index contributed by atoms with van der Waals surface area (Å²) in [6, 6.07) is 0. The Hall–Kier alpha value is -0.110. The lowest BCUT2D eigenvalue weighted by Crippen LogP contribution is -2.26. The molecular formula is C10H11BrF3NOS. The number of alkyl halides is 3. The highest BCUT2D eigenvalue weighted by Crippen LogP contribution is 2.48. The summed E-state index contributed by atoms with van der Waals surface area (Å²) in [5.74, 6) is 0. The summed E-state index contributed by atoms with van der Waals surface area (Å²) >= 11 is 4.18. The zero-order valence-corrected chi connectivity index (χ0v) is 11.4. The Kier molecular flexibility index (Phi) is 3.82. The lowest BCUT2D eigenvalue weighted by atomic mass is 10.0. The van der Waals surface area contributed by atoms with Crippen LogP contribution in [-0.4, -0.2) is 20.2 Å². The minimum atomic E-state index is -4.34. The minimum absolute atomic E-state index is 0.154. The predicted molar refractivity (Wildman–Crippen MR) is 63.3 cm³/mol. The van der Waals surface area contributed by atoms with E-state index in [1.807, 2.05) is 0 Å². The lowest BCUT2D eigenvalue weighted by molar-refractivity contribution is -0.140. The molecule has 0 fully saturated rings. The Morgan fingerprint density at radius 1 is 1.53 bits per heavy atom. The molecule has 0 aliphatic carbocycles. The van der Waals surface area contributed by atoms with E-state index in [4.69, 9.17) is 4.74 Å². The molecule has 1 aromatic heterocycles. The first-order valence-electron chi connectivity index (χ1n) is 5.09. The fourth-order valence-electron chi connectivity index (χ4n) is 1.97. The summed E-state index contributed by atoms with van der Waals surface area (Å²) < 4.78 is 44.5. The van der Waals surface area contributed by atoms with Crippen LogP contribution in [0.15, 0.2) is 3.79 Å². The average Bonchev–Trinajstić information content (AvgIpc) is 2.54. The normalized spacial score (nSPS) is 20.4. The number of hydrogen-bond donors (Lipinski definition) is 1. The van der Waals surface area contributed by atoms with Gasteiger partial charge in [-0.2, -0.15) is 13.2 Å². The number of rotatable bonds is 2. The second-order valence-electron chi connectivity index (χ2n) is 3.75. The Balaban J connectivity index is 2.50. The number of hydrogen-bond acceptors (Lipinski definition) is 3. The van der Waals surface area contributed by atoms with Crippen LogP contribution in [0.4, 0.5) is 13.2 Å². The van der Waals surface area contributed by atoms with E-state index in [-0.39, 0.29) is 3.79 Å². The topological polar surface area (TPSA) is 21.3 Å². The van der Waals surface area contributed by atoms with E-state index in [0.29, 0.717) is 25.1 Å². The molecule has 2 nitrogen and oxygen atoms in total. The smallest absolute Gasteiger partial charge is 0.372 e. The van der Waals surface area contributed by atoms with Crippen molar-refractivity contribution in [1.29, 1.82) is 0 Å². The van der Waals surface area contributed by atoms with E-state index in [9.17, 15) is 13.2 Å². The van der Waals surface area contributed by atoms with Crippen LogP contribution in [0.2, 0.25) is 0 Å². The summed E-state index contributed by atoms with van der Waals surface area (Å²) in [7, 11) is 1.70. The maximum atomic E-state index is 13.0. The fraction of sp³-hybridized carbons (Fsp3) is 0.600. The van der Waals surface area contributed by atoms with E-state index in [1.54, 1.807) is 7.05 Å². The molecule has 0 saturated carbocycles.